The minimum Gasteiger partial charge on any atom is -0.292 e. The van der Waals surface area contributed by atoms with Gasteiger partial charge < -0.3 is 0 Å². The molecule has 52 valence electrons. The van der Waals surface area contributed by atoms with Gasteiger partial charge in [-0.15, -0.1) is 0 Å². The molecule has 0 spiro atoms. The van der Waals surface area contributed by atoms with Crippen molar-refractivity contribution in [2.75, 3.05) is 6.54 Å². The lowest BCUT2D eigenvalue weighted by atomic mass is 10.1. The predicted octanol–water partition coefficient (Wildman–Crippen LogP) is 0.734. The monoisotopic (exact) mass is 126 g/mol. The Bertz CT molecular complexity index is 67.3. The van der Waals surface area contributed by atoms with E-state index in [0.29, 0.717) is 6.04 Å². The third kappa shape index (κ3) is 2.33. The van der Waals surface area contributed by atoms with E-state index in [2.05, 4.69) is 24.2 Å². The van der Waals surface area contributed by atoms with Crippen molar-refractivity contribution >= 4 is 0 Å². The molecule has 0 aliphatic carbocycles. The number of hydrogen-bond donors (Lipinski definition) is 2. The quantitative estimate of drug-likeness (QED) is 0.582. The van der Waals surface area contributed by atoms with Gasteiger partial charge in [-0.25, -0.2) is 0 Å². The fourth-order valence-corrected chi connectivity index (χ4v) is 1.00. The molecule has 1 aliphatic heterocycles. The van der Waals surface area contributed by atoms with Gasteiger partial charge in [-0.1, -0.05) is 19.8 Å². The molecule has 2 heteroatoms. The maximum Gasteiger partial charge on any atom is 0.140 e. The van der Waals surface area contributed by atoms with Gasteiger partial charge in [-0.05, 0) is 6.42 Å². The lowest BCUT2D eigenvalue weighted by molar-refractivity contribution is 0.559. The minimum atomic E-state index is 0.643. The van der Waals surface area contributed by atoms with Gasteiger partial charge in [-0.3, -0.25) is 10.6 Å². The van der Waals surface area contributed by atoms with Crippen LogP contribution < -0.4 is 10.6 Å². The zero-order valence-corrected chi connectivity index (χ0v) is 5.91. The molecule has 9 heavy (non-hydrogen) atoms. The first kappa shape index (κ1) is 7.03. The van der Waals surface area contributed by atoms with Crippen LogP contribution in [0, 0.1) is 6.67 Å². The fourth-order valence-electron chi connectivity index (χ4n) is 1.00. The maximum absolute atomic E-state index is 3.13. The molecular weight excluding hydrogens is 112 g/mol. The van der Waals surface area contributed by atoms with Gasteiger partial charge in [0, 0.05) is 12.6 Å². The molecule has 0 aromatic carbocycles. The van der Waals surface area contributed by atoms with Crippen molar-refractivity contribution in [1.82, 2.24) is 10.6 Å². The molecule has 0 aromatic rings. The molecule has 2 radical (unpaired) electrons. The lowest BCUT2D eigenvalue weighted by Crippen LogP contribution is -2.21. The van der Waals surface area contributed by atoms with E-state index in [-0.39, 0.29) is 0 Å². The number of nitrogens with one attached hydrogen (secondary N) is 2. The van der Waals surface area contributed by atoms with E-state index in [1.54, 1.807) is 0 Å². The molecule has 1 aliphatic rings. The SMILES string of the molecule is CCCCC1CN[C]N1. The second-order valence-electron chi connectivity index (χ2n) is 2.49. The van der Waals surface area contributed by atoms with Crippen molar-refractivity contribution < 1.29 is 0 Å². The van der Waals surface area contributed by atoms with E-state index >= 15 is 0 Å². The summed E-state index contributed by atoms with van der Waals surface area (Å²) in [5.74, 6) is 0. The Hall–Kier alpha value is -0.0800. The molecule has 0 amide bonds. The molecule has 0 aromatic heterocycles. The first-order valence-electron chi connectivity index (χ1n) is 3.67. The van der Waals surface area contributed by atoms with Crippen LogP contribution in [0.25, 0.3) is 0 Å². The topological polar surface area (TPSA) is 24.1 Å². The van der Waals surface area contributed by atoms with Gasteiger partial charge in [0.05, 0.1) is 0 Å². The number of unbranched alkanes of at least 4 members (excludes halogenated alkanes) is 1. The van der Waals surface area contributed by atoms with Crippen molar-refractivity contribution in [3.63, 3.8) is 0 Å². The van der Waals surface area contributed by atoms with Crippen molar-refractivity contribution in [3.8, 4) is 0 Å². The van der Waals surface area contributed by atoms with Crippen LogP contribution in [0.4, 0.5) is 0 Å². The van der Waals surface area contributed by atoms with Gasteiger partial charge in [-0.2, -0.15) is 0 Å². The smallest absolute Gasteiger partial charge is 0.140 e. The van der Waals surface area contributed by atoms with E-state index in [9.17, 15) is 0 Å². The first-order chi connectivity index (χ1) is 4.43. The van der Waals surface area contributed by atoms with Crippen LogP contribution in [0.15, 0.2) is 0 Å². The van der Waals surface area contributed by atoms with Gasteiger partial charge in [0.25, 0.3) is 0 Å². The second kappa shape index (κ2) is 3.85. The van der Waals surface area contributed by atoms with Crippen LogP contribution >= 0.6 is 0 Å². The zero-order chi connectivity index (χ0) is 6.53. The van der Waals surface area contributed by atoms with Crippen molar-refractivity contribution in [3.05, 3.63) is 6.67 Å². The molecule has 1 unspecified atom stereocenters. The van der Waals surface area contributed by atoms with E-state index in [4.69, 9.17) is 0 Å². The Balaban J connectivity index is 1.98. The van der Waals surface area contributed by atoms with Crippen LogP contribution in [0.5, 0.6) is 0 Å². The van der Waals surface area contributed by atoms with Crippen molar-refractivity contribution in [2.45, 2.75) is 32.2 Å². The summed E-state index contributed by atoms with van der Waals surface area (Å²) >= 11 is 0. The highest BCUT2D eigenvalue weighted by molar-refractivity contribution is 4.81. The van der Waals surface area contributed by atoms with E-state index in [1.165, 1.54) is 19.3 Å². The molecule has 1 saturated heterocycles. The lowest BCUT2D eigenvalue weighted by Gasteiger charge is -2.05. The maximum atomic E-state index is 3.13. The van der Waals surface area contributed by atoms with Crippen LogP contribution in [0.1, 0.15) is 26.2 Å². The average Bonchev–Trinajstić information content (AvgIpc) is 2.34. The van der Waals surface area contributed by atoms with E-state index in [1.807, 2.05) is 0 Å². The van der Waals surface area contributed by atoms with Gasteiger partial charge in [0.1, 0.15) is 6.67 Å². The largest absolute Gasteiger partial charge is 0.292 e. The predicted molar refractivity (Wildman–Crippen MR) is 37.7 cm³/mol. The Kier molecular flexibility index (Phi) is 3.01. The molecule has 1 atom stereocenters. The molecule has 0 bridgehead atoms. The summed E-state index contributed by atoms with van der Waals surface area (Å²) in [7, 11) is 0. The van der Waals surface area contributed by atoms with Crippen molar-refractivity contribution in [1.29, 1.82) is 0 Å². The fraction of sp³-hybridized carbons (Fsp3) is 0.857. The highest BCUT2D eigenvalue weighted by Gasteiger charge is 2.12. The molecule has 2 N–H and O–H groups in total. The first-order valence-corrected chi connectivity index (χ1v) is 3.67. The number of hydrogen-bond acceptors (Lipinski definition) is 2. The molecule has 0 saturated carbocycles. The van der Waals surface area contributed by atoms with Gasteiger partial charge in [0.15, 0.2) is 0 Å². The summed E-state index contributed by atoms with van der Waals surface area (Å²) < 4.78 is 0. The highest BCUT2D eigenvalue weighted by Crippen LogP contribution is 2.02. The Morgan fingerprint density at radius 2 is 2.56 bits per heavy atom. The summed E-state index contributed by atoms with van der Waals surface area (Å²) in [5.41, 5.74) is 0. The van der Waals surface area contributed by atoms with E-state index in [0.717, 1.165) is 6.54 Å². The molecule has 1 heterocycles. The van der Waals surface area contributed by atoms with Crippen LogP contribution in [0.3, 0.4) is 0 Å². The Morgan fingerprint density at radius 3 is 3.11 bits per heavy atom. The molecule has 1 rings (SSSR count). The van der Waals surface area contributed by atoms with E-state index < -0.39 is 0 Å². The van der Waals surface area contributed by atoms with Gasteiger partial charge in [0.2, 0.25) is 0 Å². The highest BCUT2D eigenvalue weighted by atomic mass is 15.2. The summed E-state index contributed by atoms with van der Waals surface area (Å²) in [6.07, 6.45) is 3.88. The van der Waals surface area contributed by atoms with Crippen LogP contribution in [-0.4, -0.2) is 12.6 Å². The van der Waals surface area contributed by atoms with Gasteiger partial charge >= 0.3 is 0 Å². The summed E-state index contributed by atoms with van der Waals surface area (Å²) in [6, 6.07) is 0.643. The van der Waals surface area contributed by atoms with Crippen molar-refractivity contribution in [2.24, 2.45) is 0 Å². The second-order valence-corrected chi connectivity index (χ2v) is 2.49. The zero-order valence-electron chi connectivity index (χ0n) is 5.91. The molecular formula is C7H14N2. The average molecular weight is 126 g/mol. The summed E-state index contributed by atoms with van der Waals surface area (Å²) in [5, 5.41) is 6.15. The molecule has 1 fully saturated rings. The standard InChI is InChI=1S/C7H14N2/c1-2-3-4-7-5-8-6-9-7/h7-9H,2-5H2,1H3. The van der Waals surface area contributed by atoms with Crippen LogP contribution in [-0.2, 0) is 0 Å². The summed E-state index contributed by atoms with van der Waals surface area (Å²) in [6.45, 7) is 6.15. The molecule has 2 nitrogen and oxygen atoms in total. The summed E-state index contributed by atoms with van der Waals surface area (Å²) in [4.78, 5) is 0. The number of rotatable bonds is 3. The minimum absolute atomic E-state index is 0.643. The van der Waals surface area contributed by atoms with Crippen LogP contribution in [0.2, 0.25) is 0 Å². The normalized spacial score (nSPS) is 27.0. The Labute approximate surface area is 57.0 Å². The third-order valence-electron chi connectivity index (χ3n) is 1.62. The Morgan fingerprint density at radius 1 is 1.67 bits per heavy atom. The third-order valence-corrected chi connectivity index (χ3v) is 1.62.